The smallest absolute Gasteiger partial charge is 0.309 e. The molecule has 7 nitrogen and oxygen atoms in total. The lowest BCUT2D eigenvalue weighted by atomic mass is 9.94. The van der Waals surface area contributed by atoms with Gasteiger partial charge in [-0.2, -0.15) is 0 Å². The van der Waals surface area contributed by atoms with Crippen molar-refractivity contribution in [3.8, 4) is 0 Å². The minimum absolute atomic E-state index is 0.00801. The summed E-state index contributed by atoms with van der Waals surface area (Å²) in [4.78, 5) is 36.3. The maximum Gasteiger partial charge on any atom is 0.309 e. The van der Waals surface area contributed by atoms with Crippen molar-refractivity contribution in [2.75, 3.05) is 19.7 Å². The molecule has 1 aromatic carbocycles. The van der Waals surface area contributed by atoms with E-state index in [0.29, 0.717) is 32.5 Å². The summed E-state index contributed by atoms with van der Waals surface area (Å²) in [6.45, 7) is 5.00. The van der Waals surface area contributed by atoms with Gasteiger partial charge >= 0.3 is 5.97 Å². The van der Waals surface area contributed by atoms with Crippen LogP contribution in [-0.2, 0) is 14.3 Å². The number of nitro groups is 1. The lowest BCUT2D eigenvalue weighted by Crippen LogP contribution is -2.42. The second kappa shape index (κ2) is 7.90. The predicted octanol–water partition coefficient (Wildman–Crippen LogP) is 2.50. The molecule has 0 spiro atoms. The van der Waals surface area contributed by atoms with Gasteiger partial charge in [-0.25, -0.2) is 0 Å². The number of carbonyl (C=O) groups is 2. The number of ether oxygens (including phenoxy) is 1. The Bertz CT molecular complexity index is 606. The van der Waals surface area contributed by atoms with Gasteiger partial charge in [0, 0.05) is 25.2 Å². The van der Waals surface area contributed by atoms with Crippen molar-refractivity contribution in [3.05, 3.63) is 39.9 Å². The Morgan fingerprint density at radius 2 is 1.88 bits per heavy atom. The van der Waals surface area contributed by atoms with E-state index in [0.717, 1.165) is 5.56 Å². The summed E-state index contributed by atoms with van der Waals surface area (Å²) in [5.41, 5.74) is 0.756. The molecule has 1 amide bonds. The molecule has 1 fully saturated rings. The monoisotopic (exact) mass is 334 g/mol. The Kier molecular flexibility index (Phi) is 5.89. The lowest BCUT2D eigenvalue weighted by molar-refractivity contribution is -0.384. The molecule has 24 heavy (non-hydrogen) atoms. The molecule has 2 rings (SSSR count). The number of nitro benzene ring substituents is 1. The number of hydrogen-bond donors (Lipinski definition) is 0. The molecule has 1 saturated heterocycles. The lowest BCUT2D eigenvalue weighted by Gasteiger charge is -2.32. The van der Waals surface area contributed by atoms with Crippen LogP contribution in [0.5, 0.6) is 0 Å². The van der Waals surface area contributed by atoms with E-state index in [1.54, 1.807) is 30.9 Å². The van der Waals surface area contributed by atoms with E-state index < -0.39 is 4.92 Å². The first-order valence-electron chi connectivity index (χ1n) is 8.13. The number of hydrogen-bond acceptors (Lipinski definition) is 5. The molecule has 0 bridgehead atoms. The number of carbonyl (C=O) groups excluding carboxylic acids is 2. The highest BCUT2D eigenvalue weighted by Gasteiger charge is 2.30. The van der Waals surface area contributed by atoms with E-state index in [9.17, 15) is 19.7 Å². The van der Waals surface area contributed by atoms with Gasteiger partial charge in [-0.1, -0.05) is 12.1 Å². The summed E-state index contributed by atoms with van der Waals surface area (Å²) in [5, 5.41) is 10.7. The highest BCUT2D eigenvalue weighted by molar-refractivity contribution is 5.83. The van der Waals surface area contributed by atoms with E-state index in [4.69, 9.17) is 4.74 Å². The Morgan fingerprint density at radius 1 is 1.29 bits per heavy atom. The number of amides is 1. The molecule has 0 N–H and O–H groups in total. The Labute approximate surface area is 140 Å². The molecule has 0 unspecified atom stereocenters. The SMILES string of the molecule is CCOC(=O)C1CCN(C(=O)[C@@H](C)c2ccc([N+](=O)[O-])cc2)CC1. The van der Waals surface area contributed by atoms with Gasteiger partial charge in [0.25, 0.3) is 5.69 Å². The van der Waals surface area contributed by atoms with Crippen molar-refractivity contribution in [1.82, 2.24) is 4.90 Å². The van der Waals surface area contributed by atoms with E-state index in [1.165, 1.54) is 12.1 Å². The Balaban J connectivity index is 1.94. The topological polar surface area (TPSA) is 89.8 Å². The third-order valence-electron chi connectivity index (χ3n) is 4.40. The molecule has 7 heteroatoms. The van der Waals surface area contributed by atoms with Crippen LogP contribution in [0.3, 0.4) is 0 Å². The van der Waals surface area contributed by atoms with E-state index >= 15 is 0 Å². The van der Waals surface area contributed by atoms with Crippen LogP contribution < -0.4 is 0 Å². The third kappa shape index (κ3) is 4.10. The van der Waals surface area contributed by atoms with Crippen molar-refractivity contribution < 1.29 is 19.2 Å². The van der Waals surface area contributed by atoms with Crippen molar-refractivity contribution in [2.24, 2.45) is 5.92 Å². The van der Waals surface area contributed by atoms with Gasteiger partial charge in [0.05, 0.1) is 23.4 Å². The molecular weight excluding hydrogens is 312 g/mol. The summed E-state index contributed by atoms with van der Waals surface area (Å²) in [5.74, 6) is -0.715. The van der Waals surface area contributed by atoms with Crippen molar-refractivity contribution in [3.63, 3.8) is 0 Å². The molecule has 1 aromatic rings. The average Bonchev–Trinajstić information content (AvgIpc) is 2.61. The largest absolute Gasteiger partial charge is 0.466 e. The first-order valence-corrected chi connectivity index (χ1v) is 8.13. The van der Waals surface area contributed by atoms with Crippen LogP contribution in [0.25, 0.3) is 0 Å². The van der Waals surface area contributed by atoms with Gasteiger partial charge in [-0.15, -0.1) is 0 Å². The minimum Gasteiger partial charge on any atom is -0.466 e. The van der Waals surface area contributed by atoms with E-state index in [-0.39, 0.29) is 29.4 Å². The zero-order chi connectivity index (χ0) is 17.7. The van der Waals surface area contributed by atoms with Crippen LogP contribution in [-0.4, -0.2) is 41.4 Å². The van der Waals surface area contributed by atoms with Gasteiger partial charge in [-0.3, -0.25) is 19.7 Å². The molecule has 0 aliphatic carbocycles. The van der Waals surface area contributed by atoms with Gasteiger partial charge in [0.15, 0.2) is 0 Å². The molecule has 0 radical (unpaired) electrons. The van der Waals surface area contributed by atoms with Crippen LogP contribution in [0, 0.1) is 16.0 Å². The number of rotatable bonds is 5. The van der Waals surface area contributed by atoms with Crippen molar-refractivity contribution >= 4 is 17.6 Å². The van der Waals surface area contributed by atoms with Gasteiger partial charge in [-0.05, 0) is 32.3 Å². The molecule has 1 aliphatic rings. The molecule has 1 heterocycles. The number of piperidine rings is 1. The zero-order valence-electron chi connectivity index (χ0n) is 13.9. The highest BCUT2D eigenvalue weighted by Crippen LogP contribution is 2.25. The number of benzene rings is 1. The third-order valence-corrected chi connectivity index (χ3v) is 4.40. The fraction of sp³-hybridized carbons (Fsp3) is 0.529. The summed E-state index contributed by atoms with van der Waals surface area (Å²) in [6, 6.07) is 6.05. The van der Waals surface area contributed by atoms with Gasteiger partial charge in [0.2, 0.25) is 5.91 Å². The van der Waals surface area contributed by atoms with Crippen LogP contribution in [0.15, 0.2) is 24.3 Å². The predicted molar refractivity (Wildman–Crippen MR) is 87.4 cm³/mol. The second-order valence-electron chi connectivity index (χ2n) is 5.92. The maximum absolute atomic E-state index is 12.6. The number of non-ortho nitro benzene ring substituents is 1. The minimum atomic E-state index is -0.462. The van der Waals surface area contributed by atoms with E-state index in [1.807, 2.05) is 0 Å². The summed E-state index contributed by atoms with van der Waals surface area (Å²) < 4.78 is 5.03. The quantitative estimate of drug-likeness (QED) is 0.469. The first-order chi connectivity index (χ1) is 11.4. The second-order valence-corrected chi connectivity index (χ2v) is 5.92. The van der Waals surface area contributed by atoms with Crippen LogP contribution in [0.1, 0.15) is 38.2 Å². The highest BCUT2D eigenvalue weighted by atomic mass is 16.6. The Morgan fingerprint density at radius 3 is 2.38 bits per heavy atom. The molecule has 1 aliphatic heterocycles. The summed E-state index contributed by atoms with van der Waals surface area (Å²) in [6.07, 6.45) is 1.22. The molecule has 1 atom stereocenters. The fourth-order valence-corrected chi connectivity index (χ4v) is 2.90. The number of esters is 1. The first kappa shape index (κ1) is 17.9. The molecular formula is C17H22N2O5. The van der Waals surface area contributed by atoms with Crippen molar-refractivity contribution in [2.45, 2.75) is 32.6 Å². The standard InChI is InChI=1S/C17H22N2O5/c1-3-24-17(21)14-8-10-18(11-9-14)16(20)12(2)13-4-6-15(7-5-13)19(22)23/h4-7,12,14H,3,8-11H2,1-2H3/t12-/m0/s1. The summed E-state index contributed by atoms with van der Waals surface area (Å²) in [7, 11) is 0. The van der Waals surface area contributed by atoms with Crippen LogP contribution in [0.4, 0.5) is 5.69 Å². The van der Waals surface area contributed by atoms with Crippen LogP contribution >= 0.6 is 0 Å². The van der Waals surface area contributed by atoms with Gasteiger partial charge in [0.1, 0.15) is 0 Å². The average molecular weight is 334 g/mol. The van der Waals surface area contributed by atoms with E-state index in [2.05, 4.69) is 0 Å². The van der Waals surface area contributed by atoms with Crippen LogP contribution in [0.2, 0.25) is 0 Å². The molecule has 130 valence electrons. The Hall–Kier alpha value is -2.44. The number of nitrogens with zero attached hydrogens (tertiary/aromatic N) is 2. The summed E-state index contributed by atoms with van der Waals surface area (Å²) >= 11 is 0. The zero-order valence-corrected chi connectivity index (χ0v) is 13.9. The number of likely N-dealkylation sites (tertiary alicyclic amines) is 1. The normalized spacial score (nSPS) is 16.5. The fourth-order valence-electron chi connectivity index (χ4n) is 2.90. The molecule has 0 saturated carbocycles. The van der Waals surface area contributed by atoms with Crippen molar-refractivity contribution in [1.29, 1.82) is 0 Å². The maximum atomic E-state index is 12.6. The molecule has 0 aromatic heterocycles. The van der Waals surface area contributed by atoms with Gasteiger partial charge < -0.3 is 9.64 Å².